The lowest BCUT2D eigenvalue weighted by atomic mass is 10.1. The monoisotopic (exact) mass is 337 g/mol. The third-order valence-corrected chi connectivity index (χ3v) is 3.17. The first-order valence-electron chi connectivity index (χ1n) is 5.91. The SMILES string of the molecule is COc1ccc(C(=O)Nc2cc(C)cc(Br)c2)cc1F. The van der Waals surface area contributed by atoms with Crippen molar-refractivity contribution in [1.29, 1.82) is 0 Å². The van der Waals surface area contributed by atoms with Crippen molar-refractivity contribution in [2.45, 2.75) is 6.92 Å². The van der Waals surface area contributed by atoms with E-state index in [1.165, 1.54) is 19.2 Å². The number of rotatable bonds is 3. The molecule has 104 valence electrons. The van der Waals surface area contributed by atoms with Gasteiger partial charge >= 0.3 is 0 Å². The van der Waals surface area contributed by atoms with Crippen LogP contribution in [0.3, 0.4) is 0 Å². The quantitative estimate of drug-likeness (QED) is 0.913. The summed E-state index contributed by atoms with van der Waals surface area (Å²) in [5.41, 5.74) is 1.90. The summed E-state index contributed by atoms with van der Waals surface area (Å²) in [6.07, 6.45) is 0. The molecule has 20 heavy (non-hydrogen) atoms. The molecule has 2 aromatic carbocycles. The fourth-order valence-electron chi connectivity index (χ4n) is 1.82. The highest BCUT2D eigenvalue weighted by Gasteiger charge is 2.10. The van der Waals surface area contributed by atoms with Crippen molar-refractivity contribution in [3.63, 3.8) is 0 Å². The zero-order chi connectivity index (χ0) is 14.7. The first kappa shape index (κ1) is 14.5. The van der Waals surface area contributed by atoms with Crippen molar-refractivity contribution in [2.24, 2.45) is 0 Å². The van der Waals surface area contributed by atoms with Crippen LogP contribution < -0.4 is 10.1 Å². The smallest absolute Gasteiger partial charge is 0.255 e. The van der Waals surface area contributed by atoms with Gasteiger partial charge in [-0.2, -0.15) is 0 Å². The van der Waals surface area contributed by atoms with Crippen molar-refractivity contribution in [1.82, 2.24) is 0 Å². The fourth-order valence-corrected chi connectivity index (χ4v) is 2.43. The number of aryl methyl sites for hydroxylation is 1. The molecule has 0 spiro atoms. The van der Waals surface area contributed by atoms with Crippen LogP contribution >= 0.6 is 15.9 Å². The van der Waals surface area contributed by atoms with Gasteiger partial charge in [0.1, 0.15) is 0 Å². The molecule has 0 heterocycles. The topological polar surface area (TPSA) is 38.3 Å². The summed E-state index contributed by atoms with van der Waals surface area (Å²) in [6, 6.07) is 9.65. The molecule has 0 saturated carbocycles. The summed E-state index contributed by atoms with van der Waals surface area (Å²) in [5, 5.41) is 2.73. The van der Waals surface area contributed by atoms with Gasteiger partial charge in [-0.3, -0.25) is 4.79 Å². The molecule has 1 N–H and O–H groups in total. The summed E-state index contributed by atoms with van der Waals surface area (Å²) in [4.78, 5) is 12.1. The molecule has 0 bridgehead atoms. The molecule has 0 aliphatic heterocycles. The number of nitrogens with one attached hydrogen (secondary N) is 1. The summed E-state index contributed by atoms with van der Waals surface area (Å²) in [7, 11) is 1.38. The standard InChI is InChI=1S/C15H13BrFNO2/c1-9-5-11(16)8-12(6-9)18-15(19)10-3-4-14(20-2)13(17)7-10/h3-8H,1-2H3,(H,18,19). The molecular weight excluding hydrogens is 325 g/mol. The number of hydrogen-bond acceptors (Lipinski definition) is 2. The highest BCUT2D eigenvalue weighted by atomic mass is 79.9. The number of methoxy groups -OCH3 is 1. The van der Waals surface area contributed by atoms with Gasteiger partial charge in [0, 0.05) is 15.7 Å². The van der Waals surface area contributed by atoms with Gasteiger partial charge in [-0.25, -0.2) is 4.39 Å². The lowest BCUT2D eigenvalue weighted by Gasteiger charge is -2.08. The van der Waals surface area contributed by atoms with Crippen molar-refractivity contribution >= 4 is 27.5 Å². The van der Waals surface area contributed by atoms with Gasteiger partial charge < -0.3 is 10.1 Å². The van der Waals surface area contributed by atoms with Crippen LogP contribution in [-0.2, 0) is 0 Å². The molecule has 0 atom stereocenters. The summed E-state index contributed by atoms with van der Waals surface area (Å²) < 4.78 is 19.3. The third kappa shape index (κ3) is 3.36. The van der Waals surface area contributed by atoms with Gasteiger partial charge in [0.15, 0.2) is 11.6 Å². The second kappa shape index (κ2) is 6.05. The van der Waals surface area contributed by atoms with Crippen molar-refractivity contribution < 1.29 is 13.9 Å². The predicted octanol–water partition coefficient (Wildman–Crippen LogP) is 4.16. The van der Waals surface area contributed by atoms with Crippen molar-refractivity contribution in [3.8, 4) is 5.75 Å². The number of anilines is 1. The number of amides is 1. The molecule has 0 unspecified atom stereocenters. The Morgan fingerprint density at radius 1 is 1.25 bits per heavy atom. The van der Waals surface area contributed by atoms with E-state index < -0.39 is 5.82 Å². The Morgan fingerprint density at radius 3 is 2.60 bits per heavy atom. The zero-order valence-electron chi connectivity index (χ0n) is 11.0. The molecule has 2 aromatic rings. The van der Waals surface area contributed by atoms with Crippen LogP contribution in [0, 0.1) is 12.7 Å². The van der Waals surface area contributed by atoms with Crippen LogP contribution in [0.25, 0.3) is 0 Å². The van der Waals surface area contributed by atoms with Crippen molar-refractivity contribution in [2.75, 3.05) is 12.4 Å². The number of benzene rings is 2. The summed E-state index contributed by atoms with van der Waals surface area (Å²) in [5.74, 6) is -0.825. The largest absolute Gasteiger partial charge is 0.494 e. The summed E-state index contributed by atoms with van der Waals surface area (Å²) in [6.45, 7) is 1.92. The maximum absolute atomic E-state index is 13.6. The molecule has 0 radical (unpaired) electrons. The molecular formula is C15H13BrFNO2. The minimum atomic E-state index is -0.564. The Hall–Kier alpha value is -1.88. The minimum Gasteiger partial charge on any atom is -0.494 e. The van der Waals surface area contributed by atoms with E-state index in [0.717, 1.165) is 16.1 Å². The number of carbonyl (C=O) groups excluding carboxylic acids is 1. The Labute approximate surface area is 124 Å². The van der Waals surface area contributed by atoms with E-state index >= 15 is 0 Å². The number of hydrogen-bond donors (Lipinski definition) is 1. The van der Waals surface area contributed by atoms with Crippen LogP contribution in [0.4, 0.5) is 10.1 Å². The van der Waals surface area contributed by atoms with E-state index in [4.69, 9.17) is 4.74 Å². The summed E-state index contributed by atoms with van der Waals surface area (Å²) >= 11 is 3.36. The molecule has 0 aliphatic rings. The Balaban J connectivity index is 2.21. The minimum absolute atomic E-state index is 0.111. The second-order valence-corrected chi connectivity index (χ2v) is 5.24. The average Bonchev–Trinajstić information content (AvgIpc) is 2.37. The molecule has 5 heteroatoms. The lowest BCUT2D eigenvalue weighted by Crippen LogP contribution is -2.12. The normalized spacial score (nSPS) is 10.2. The van der Waals surface area contributed by atoms with Gasteiger partial charge in [-0.15, -0.1) is 0 Å². The molecule has 0 saturated heterocycles. The maximum atomic E-state index is 13.6. The van der Waals surface area contributed by atoms with Gasteiger partial charge in [-0.1, -0.05) is 15.9 Å². The van der Waals surface area contributed by atoms with Crippen LogP contribution in [0.15, 0.2) is 40.9 Å². The van der Waals surface area contributed by atoms with Crippen LogP contribution in [0.2, 0.25) is 0 Å². The third-order valence-electron chi connectivity index (χ3n) is 2.71. The van der Waals surface area contributed by atoms with E-state index in [9.17, 15) is 9.18 Å². The van der Waals surface area contributed by atoms with E-state index in [-0.39, 0.29) is 17.2 Å². The molecule has 0 aromatic heterocycles. The van der Waals surface area contributed by atoms with Gasteiger partial charge in [0.2, 0.25) is 0 Å². The van der Waals surface area contributed by atoms with E-state index in [1.54, 1.807) is 6.07 Å². The highest BCUT2D eigenvalue weighted by molar-refractivity contribution is 9.10. The highest BCUT2D eigenvalue weighted by Crippen LogP contribution is 2.21. The fraction of sp³-hybridized carbons (Fsp3) is 0.133. The maximum Gasteiger partial charge on any atom is 0.255 e. The average molecular weight is 338 g/mol. The Kier molecular flexibility index (Phi) is 4.39. The van der Waals surface area contributed by atoms with Crippen LogP contribution in [-0.4, -0.2) is 13.0 Å². The zero-order valence-corrected chi connectivity index (χ0v) is 12.6. The van der Waals surface area contributed by atoms with Gasteiger partial charge in [0.05, 0.1) is 7.11 Å². The Bertz CT molecular complexity index is 638. The Morgan fingerprint density at radius 2 is 2.00 bits per heavy atom. The lowest BCUT2D eigenvalue weighted by molar-refractivity contribution is 0.102. The molecule has 0 aliphatic carbocycles. The predicted molar refractivity (Wildman–Crippen MR) is 79.8 cm³/mol. The van der Waals surface area contributed by atoms with E-state index in [1.807, 2.05) is 19.1 Å². The molecule has 3 nitrogen and oxygen atoms in total. The second-order valence-electron chi connectivity index (χ2n) is 4.32. The van der Waals surface area contributed by atoms with Crippen LogP contribution in [0.5, 0.6) is 5.75 Å². The van der Waals surface area contributed by atoms with Gasteiger partial charge in [-0.05, 0) is 48.9 Å². The van der Waals surface area contributed by atoms with Gasteiger partial charge in [0.25, 0.3) is 5.91 Å². The number of halogens is 2. The molecule has 1 amide bonds. The number of ether oxygens (including phenoxy) is 1. The molecule has 0 fully saturated rings. The van der Waals surface area contributed by atoms with E-state index in [0.29, 0.717) is 5.69 Å². The van der Waals surface area contributed by atoms with Crippen molar-refractivity contribution in [3.05, 3.63) is 57.8 Å². The number of carbonyl (C=O) groups is 1. The first-order valence-corrected chi connectivity index (χ1v) is 6.71. The first-order chi connectivity index (χ1) is 9.49. The molecule has 2 rings (SSSR count). The van der Waals surface area contributed by atoms with Crippen LogP contribution in [0.1, 0.15) is 15.9 Å². The van der Waals surface area contributed by atoms with E-state index in [2.05, 4.69) is 21.2 Å².